The van der Waals surface area contributed by atoms with Crippen molar-refractivity contribution in [2.45, 2.75) is 44.8 Å². The van der Waals surface area contributed by atoms with E-state index in [-0.39, 0.29) is 29.8 Å². The Bertz CT molecular complexity index is 594. The van der Waals surface area contributed by atoms with Gasteiger partial charge in [0.2, 0.25) is 5.91 Å². The first kappa shape index (κ1) is 17.4. The monoisotopic (exact) mass is 334 g/mol. The maximum absolute atomic E-state index is 13.7. The highest BCUT2D eigenvalue weighted by Crippen LogP contribution is 2.44. The van der Waals surface area contributed by atoms with E-state index in [2.05, 4.69) is 0 Å². The van der Waals surface area contributed by atoms with Gasteiger partial charge in [0.15, 0.2) is 0 Å². The number of rotatable bonds is 4. The molecule has 1 saturated heterocycles. The minimum Gasteiger partial charge on any atom is -0.392 e. The summed E-state index contributed by atoms with van der Waals surface area (Å²) in [6.45, 7) is 2.13. The summed E-state index contributed by atoms with van der Waals surface area (Å²) in [5, 5.41) is 10.3. The molecule has 1 aromatic rings. The van der Waals surface area contributed by atoms with E-state index >= 15 is 0 Å². The normalized spacial score (nSPS) is 27.2. The largest absolute Gasteiger partial charge is 0.392 e. The van der Waals surface area contributed by atoms with Crippen molar-refractivity contribution >= 4 is 5.91 Å². The number of hydrogen-bond donors (Lipinski definition) is 1. The maximum atomic E-state index is 13.7. The van der Waals surface area contributed by atoms with Gasteiger partial charge in [-0.3, -0.25) is 9.69 Å². The predicted octanol–water partition coefficient (Wildman–Crippen LogP) is 2.41. The van der Waals surface area contributed by atoms with Crippen molar-refractivity contribution in [3.63, 3.8) is 0 Å². The van der Waals surface area contributed by atoms with Crippen LogP contribution in [0.25, 0.3) is 0 Å². The molecule has 0 radical (unpaired) electrons. The summed E-state index contributed by atoms with van der Waals surface area (Å²) >= 11 is 0. The molecule has 1 saturated carbocycles. The van der Waals surface area contributed by atoms with Crippen LogP contribution in [-0.2, 0) is 11.3 Å². The van der Waals surface area contributed by atoms with Gasteiger partial charge in [0.1, 0.15) is 5.82 Å². The van der Waals surface area contributed by atoms with E-state index in [0.29, 0.717) is 18.7 Å². The molecule has 24 heavy (non-hydrogen) atoms. The summed E-state index contributed by atoms with van der Waals surface area (Å²) in [5.41, 5.74) is 0.520. The molecule has 0 aromatic heterocycles. The summed E-state index contributed by atoms with van der Waals surface area (Å²) in [7, 11) is 1.84. The molecule has 1 N–H and O–H groups in total. The molecule has 132 valence electrons. The van der Waals surface area contributed by atoms with Crippen LogP contribution in [0.15, 0.2) is 24.3 Å². The van der Waals surface area contributed by atoms with Crippen molar-refractivity contribution in [3.8, 4) is 0 Å². The Morgan fingerprint density at radius 1 is 1.38 bits per heavy atom. The van der Waals surface area contributed by atoms with Gasteiger partial charge in [-0.1, -0.05) is 24.6 Å². The van der Waals surface area contributed by atoms with Crippen LogP contribution in [-0.4, -0.2) is 53.6 Å². The Balaban J connectivity index is 1.57. The van der Waals surface area contributed by atoms with E-state index in [1.54, 1.807) is 12.1 Å². The molecule has 4 nitrogen and oxygen atoms in total. The molecule has 1 aliphatic carbocycles. The van der Waals surface area contributed by atoms with E-state index in [1.807, 2.05) is 22.9 Å². The third kappa shape index (κ3) is 3.62. The molecule has 3 rings (SSSR count). The van der Waals surface area contributed by atoms with Crippen molar-refractivity contribution in [2.75, 3.05) is 26.7 Å². The quantitative estimate of drug-likeness (QED) is 0.920. The topological polar surface area (TPSA) is 43.8 Å². The van der Waals surface area contributed by atoms with Crippen molar-refractivity contribution in [2.24, 2.45) is 5.41 Å². The molecular weight excluding hydrogens is 307 g/mol. The Labute approximate surface area is 143 Å². The minimum absolute atomic E-state index is 0.0759. The number of halogens is 1. The van der Waals surface area contributed by atoms with Crippen LogP contribution < -0.4 is 0 Å². The number of likely N-dealkylation sites (N-methyl/N-ethyl adjacent to an activating group) is 1. The van der Waals surface area contributed by atoms with Gasteiger partial charge in [0.05, 0.1) is 12.6 Å². The second-order valence-electron chi connectivity index (χ2n) is 7.45. The third-order valence-corrected chi connectivity index (χ3v) is 5.62. The molecule has 1 amide bonds. The summed E-state index contributed by atoms with van der Waals surface area (Å²) < 4.78 is 13.7. The SMILES string of the molecule is CN(CC(=O)N1CCC[C@]2(CCC[C@H]2O)C1)Cc1ccccc1F. The van der Waals surface area contributed by atoms with Crippen LogP contribution >= 0.6 is 0 Å². The smallest absolute Gasteiger partial charge is 0.236 e. The van der Waals surface area contributed by atoms with Crippen molar-refractivity contribution in [3.05, 3.63) is 35.6 Å². The van der Waals surface area contributed by atoms with Crippen LogP contribution in [0.4, 0.5) is 4.39 Å². The number of carbonyl (C=O) groups excluding carboxylic acids is 1. The highest BCUT2D eigenvalue weighted by molar-refractivity contribution is 5.78. The lowest BCUT2D eigenvalue weighted by Crippen LogP contribution is -2.51. The maximum Gasteiger partial charge on any atom is 0.236 e. The standard InChI is InChI=1S/C19H27FN2O2/c1-21(12-15-6-2-3-7-16(15)20)13-18(24)22-11-5-10-19(14-22)9-4-8-17(19)23/h2-3,6-7,17,23H,4-5,8-14H2,1H3/t17-,19-/m1/s1. The zero-order valence-electron chi connectivity index (χ0n) is 14.4. The van der Waals surface area contributed by atoms with Gasteiger partial charge >= 0.3 is 0 Å². The van der Waals surface area contributed by atoms with Crippen molar-refractivity contribution in [1.29, 1.82) is 0 Å². The fourth-order valence-electron chi connectivity index (χ4n) is 4.27. The van der Waals surface area contributed by atoms with Crippen LogP contribution in [0.2, 0.25) is 0 Å². The average Bonchev–Trinajstić information content (AvgIpc) is 2.90. The van der Waals surface area contributed by atoms with Gasteiger partial charge in [-0.05, 0) is 38.8 Å². The Kier molecular flexibility index (Phi) is 5.21. The number of carbonyl (C=O) groups is 1. The zero-order valence-corrected chi connectivity index (χ0v) is 14.4. The van der Waals surface area contributed by atoms with Gasteiger partial charge in [-0.25, -0.2) is 4.39 Å². The molecule has 1 heterocycles. The van der Waals surface area contributed by atoms with E-state index in [9.17, 15) is 14.3 Å². The van der Waals surface area contributed by atoms with E-state index in [1.165, 1.54) is 6.07 Å². The third-order valence-electron chi connectivity index (χ3n) is 5.62. The van der Waals surface area contributed by atoms with Crippen LogP contribution in [0.1, 0.15) is 37.7 Å². The predicted molar refractivity (Wildman–Crippen MR) is 90.8 cm³/mol. The number of amides is 1. The van der Waals surface area contributed by atoms with Crippen LogP contribution in [0.5, 0.6) is 0 Å². The first-order valence-corrected chi connectivity index (χ1v) is 8.88. The first-order chi connectivity index (χ1) is 11.5. The van der Waals surface area contributed by atoms with Gasteiger partial charge in [0, 0.05) is 30.6 Å². The molecule has 2 aliphatic rings. The van der Waals surface area contributed by atoms with Crippen molar-refractivity contribution < 1.29 is 14.3 Å². The molecule has 1 aromatic carbocycles. The molecule has 5 heteroatoms. The summed E-state index contributed by atoms with van der Waals surface area (Å²) in [6.07, 6.45) is 4.63. The number of aliphatic hydroxyl groups excluding tert-OH is 1. The van der Waals surface area contributed by atoms with Crippen LogP contribution in [0.3, 0.4) is 0 Å². The number of hydrogen-bond acceptors (Lipinski definition) is 3. The molecule has 0 unspecified atom stereocenters. The Morgan fingerprint density at radius 3 is 2.83 bits per heavy atom. The Hall–Kier alpha value is -1.46. The lowest BCUT2D eigenvalue weighted by atomic mass is 9.76. The minimum atomic E-state index is -0.274. The van der Waals surface area contributed by atoms with E-state index in [4.69, 9.17) is 0 Å². The molecule has 1 aliphatic heterocycles. The zero-order chi connectivity index (χ0) is 17.2. The van der Waals surface area contributed by atoms with Gasteiger partial charge in [-0.15, -0.1) is 0 Å². The van der Waals surface area contributed by atoms with E-state index < -0.39 is 0 Å². The number of aliphatic hydroxyl groups is 1. The molecule has 2 atom stereocenters. The average molecular weight is 334 g/mol. The molecule has 0 bridgehead atoms. The number of benzene rings is 1. The molecule has 1 spiro atoms. The fourth-order valence-corrected chi connectivity index (χ4v) is 4.27. The van der Waals surface area contributed by atoms with Gasteiger partial charge in [0.25, 0.3) is 0 Å². The first-order valence-electron chi connectivity index (χ1n) is 8.88. The lowest BCUT2D eigenvalue weighted by molar-refractivity contribution is -0.137. The molecular formula is C19H27FN2O2. The molecule has 2 fully saturated rings. The second kappa shape index (κ2) is 7.19. The second-order valence-corrected chi connectivity index (χ2v) is 7.45. The fraction of sp³-hybridized carbons (Fsp3) is 0.632. The highest BCUT2D eigenvalue weighted by atomic mass is 19.1. The van der Waals surface area contributed by atoms with E-state index in [0.717, 1.165) is 38.6 Å². The number of likely N-dealkylation sites (tertiary alicyclic amines) is 1. The van der Waals surface area contributed by atoms with Crippen LogP contribution in [0, 0.1) is 11.2 Å². The highest BCUT2D eigenvalue weighted by Gasteiger charge is 2.45. The summed E-state index contributed by atoms with van der Waals surface area (Å²) in [6, 6.07) is 6.68. The number of piperidine rings is 1. The van der Waals surface area contributed by atoms with Crippen molar-refractivity contribution in [1.82, 2.24) is 9.80 Å². The summed E-state index contributed by atoms with van der Waals surface area (Å²) in [4.78, 5) is 16.4. The number of nitrogens with zero attached hydrogens (tertiary/aromatic N) is 2. The summed E-state index contributed by atoms with van der Waals surface area (Å²) in [5.74, 6) is -0.158. The van der Waals surface area contributed by atoms with Gasteiger partial charge in [-0.2, -0.15) is 0 Å². The van der Waals surface area contributed by atoms with Gasteiger partial charge < -0.3 is 10.0 Å². The Morgan fingerprint density at radius 2 is 2.12 bits per heavy atom. The lowest BCUT2D eigenvalue weighted by Gasteiger charge is -2.43.